The zero-order valence-corrected chi connectivity index (χ0v) is 19.8. The Labute approximate surface area is 197 Å². The van der Waals surface area contributed by atoms with E-state index in [-0.39, 0.29) is 56.3 Å². The minimum absolute atomic E-state index is 0.0575. The number of ether oxygens (including phenoxy) is 1. The Balaban J connectivity index is 1.42. The fraction of sp³-hybridized carbons (Fsp3) is 0.647. The van der Waals surface area contributed by atoms with Gasteiger partial charge in [0.1, 0.15) is 4.88 Å². The number of aliphatic imine (C=N–C) groups is 1. The molecule has 0 aliphatic carbocycles. The zero-order chi connectivity index (χ0) is 24.2. The van der Waals surface area contributed by atoms with E-state index in [4.69, 9.17) is 16.3 Å². The summed E-state index contributed by atoms with van der Waals surface area (Å²) in [7, 11) is -3.59. The maximum absolute atomic E-state index is 12.8. The van der Waals surface area contributed by atoms with Gasteiger partial charge in [0, 0.05) is 26.2 Å². The monoisotopic (exact) mass is 530 g/mol. The van der Waals surface area contributed by atoms with Crippen molar-refractivity contribution in [1.82, 2.24) is 14.7 Å². The van der Waals surface area contributed by atoms with Crippen LogP contribution in [0.5, 0.6) is 0 Å². The van der Waals surface area contributed by atoms with Crippen LogP contribution in [-0.2, 0) is 25.7 Å². The summed E-state index contributed by atoms with van der Waals surface area (Å²) in [6.45, 7) is 2.57. The summed E-state index contributed by atoms with van der Waals surface area (Å²) in [6, 6.07) is -0.371. The van der Waals surface area contributed by atoms with E-state index in [1.54, 1.807) is 11.8 Å². The van der Waals surface area contributed by atoms with Gasteiger partial charge in [0.05, 0.1) is 43.1 Å². The van der Waals surface area contributed by atoms with Crippen molar-refractivity contribution in [3.63, 3.8) is 0 Å². The first-order chi connectivity index (χ1) is 15.5. The van der Waals surface area contributed by atoms with Gasteiger partial charge in [-0.1, -0.05) is 11.3 Å². The highest BCUT2D eigenvalue weighted by Crippen LogP contribution is 2.36. The van der Waals surface area contributed by atoms with Crippen LogP contribution in [0.4, 0.5) is 18.3 Å². The molecule has 1 fully saturated rings. The van der Waals surface area contributed by atoms with Crippen LogP contribution in [0.25, 0.3) is 0 Å². The summed E-state index contributed by atoms with van der Waals surface area (Å²) in [4.78, 5) is 20.4. The maximum Gasteiger partial charge on any atom is 0.427 e. The number of hydrazone groups is 1. The lowest BCUT2D eigenvalue weighted by molar-refractivity contribution is -0.134. The number of carbonyl (C=O) groups excluding carboxylic acids is 1. The van der Waals surface area contributed by atoms with Crippen molar-refractivity contribution in [1.29, 1.82) is 0 Å². The van der Waals surface area contributed by atoms with Gasteiger partial charge in [-0.2, -0.15) is 22.6 Å². The van der Waals surface area contributed by atoms with E-state index in [1.165, 1.54) is 10.5 Å². The number of carbonyl (C=O) groups is 1. The van der Waals surface area contributed by atoms with Crippen LogP contribution in [0.1, 0.15) is 11.8 Å². The first-order valence-electron chi connectivity index (χ1n) is 9.85. The third kappa shape index (κ3) is 6.85. The van der Waals surface area contributed by atoms with Crippen LogP contribution in [0.2, 0.25) is 0 Å². The number of nitrogens with one attached hydrogen (secondary N) is 1. The standard InChI is InChI=1S/C17H22ClF3N6O4S2/c1-11(24-12-8-23-25-15(28)14(12)18)10-31-6-7-33(29,30)27-4-2-26(3-5-27)16-22-9-13(32-16)17(19,20)21/h8-9,11,14H,2-7,10H2,1H3,(H,25,28)/t11-,14?/m0/s1. The number of nitrogens with zero attached hydrogens (tertiary/aromatic N) is 5. The predicted octanol–water partition coefficient (Wildman–Crippen LogP) is 1.18. The molecule has 3 rings (SSSR count). The lowest BCUT2D eigenvalue weighted by Crippen LogP contribution is -2.49. The van der Waals surface area contributed by atoms with E-state index >= 15 is 0 Å². The molecule has 0 bridgehead atoms. The zero-order valence-electron chi connectivity index (χ0n) is 17.5. The summed E-state index contributed by atoms with van der Waals surface area (Å²) in [5.41, 5.74) is 2.51. The van der Waals surface area contributed by atoms with Crippen molar-refractivity contribution in [2.45, 2.75) is 24.5 Å². The normalized spacial score (nSPS) is 22.6. The van der Waals surface area contributed by atoms with Gasteiger partial charge >= 0.3 is 6.18 Å². The van der Waals surface area contributed by atoms with Crippen molar-refractivity contribution >= 4 is 55.9 Å². The summed E-state index contributed by atoms with van der Waals surface area (Å²) >= 11 is 6.48. The number of hydrogen-bond donors (Lipinski definition) is 1. The first kappa shape index (κ1) is 25.8. The van der Waals surface area contributed by atoms with E-state index in [1.807, 2.05) is 0 Å². The Hall–Kier alpha value is -1.81. The molecule has 10 nitrogen and oxygen atoms in total. The van der Waals surface area contributed by atoms with Crippen molar-refractivity contribution in [3.05, 3.63) is 11.1 Å². The van der Waals surface area contributed by atoms with Gasteiger partial charge in [0.25, 0.3) is 5.91 Å². The number of amides is 1. The first-order valence-corrected chi connectivity index (χ1v) is 12.7. The van der Waals surface area contributed by atoms with Gasteiger partial charge in [-0.15, -0.1) is 11.6 Å². The number of halogens is 4. The molecular weight excluding hydrogens is 509 g/mol. The molecule has 1 amide bonds. The molecule has 2 aliphatic heterocycles. The molecule has 3 heterocycles. The fourth-order valence-corrected chi connectivity index (χ4v) is 5.36. The van der Waals surface area contributed by atoms with Gasteiger partial charge in [-0.05, 0) is 6.92 Å². The third-order valence-electron chi connectivity index (χ3n) is 4.75. The average molecular weight is 531 g/mol. The molecule has 33 heavy (non-hydrogen) atoms. The van der Waals surface area contributed by atoms with Gasteiger partial charge in [0.2, 0.25) is 10.0 Å². The Kier molecular flexibility index (Phi) is 8.31. The Bertz CT molecular complexity index is 1010. The van der Waals surface area contributed by atoms with Gasteiger partial charge in [-0.25, -0.2) is 18.8 Å². The smallest absolute Gasteiger partial charge is 0.378 e. The lowest BCUT2D eigenvalue weighted by atomic mass is 10.2. The second-order valence-corrected chi connectivity index (χ2v) is 10.8. The highest BCUT2D eigenvalue weighted by atomic mass is 35.5. The number of thiazole rings is 1. The van der Waals surface area contributed by atoms with Crippen molar-refractivity contribution in [2.75, 3.05) is 50.0 Å². The quantitative estimate of drug-likeness (QED) is 0.398. The number of anilines is 1. The summed E-state index contributed by atoms with van der Waals surface area (Å²) in [6.07, 6.45) is -2.32. The van der Waals surface area contributed by atoms with Crippen LogP contribution in [0.15, 0.2) is 16.3 Å². The number of alkyl halides is 4. The maximum atomic E-state index is 12.8. The topological polar surface area (TPSA) is 117 Å². The van der Waals surface area contributed by atoms with Crippen LogP contribution in [-0.4, -0.2) is 92.1 Å². The van der Waals surface area contributed by atoms with Gasteiger partial charge in [-0.3, -0.25) is 9.79 Å². The molecule has 1 N–H and O–H groups in total. The molecule has 184 valence electrons. The Morgan fingerprint density at radius 3 is 2.70 bits per heavy atom. The molecular formula is C17H22ClF3N6O4S2. The van der Waals surface area contributed by atoms with Crippen LogP contribution >= 0.6 is 22.9 Å². The minimum Gasteiger partial charge on any atom is -0.378 e. The lowest BCUT2D eigenvalue weighted by Gasteiger charge is -2.33. The van der Waals surface area contributed by atoms with E-state index in [2.05, 4.69) is 20.5 Å². The van der Waals surface area contributed by atoms with E-state index in [9.17, 15) is 26.4 Å². The fourth-order valence-electron chi connectivity index (χ4n) is 3.06. The van der Waals surface area contributed by atoms with E-state index in [0.717, 1.165) is 6.20 Å². The molecule has 1 saturated heterocycles. The molecule has 0 saturated carbocycles. The average Bonchev–Trinajstić information content (AvgIpc) is 3.26. The second-order valence-electron chi connectivity index (χ2n) is 7.28. The largest absolute Gasteiger partial charge is 0.427 e. The molecule has 1 aromatic heterocycles. The highest BCUT2D eigenvalue weighted by Gasteiger charge is 2.35. The molecule has 1 aromatic rings. The predicted molar refractivity (Wildman–Crippen MR) is 119 cm³/mol. The van der Waals surface area contributed by atoms with Crippen LogP contribution < -0.4 is 10.3 Å². The number of hydrogen-bond acceptors (Lipinski definition) is 9. The number of sulfonamides is 1. The number of aromatic nitrogens is 1. The van der Waals surface area contributed by atoms with Gasteiger partial charge < -0.3 is 9.64 Å². The van der Waals surface area contributed by atoms with Crippen molar-refractivity contribution in [3.8, 4) is 0 Å². The van der Waals surface area contributed by atoms with Gasteiger partial charge in [0.15, 0.2) is 10.5 Å². The molecule has 2 aliphatic rings. The summed E-state index contributed by atoms with van der Waals surface area (Å²) in [5.74, 6) is -0.721. The molecule has 1 unspecified atom stereocenters. The van der Waals surface area contributed by atoms with Crippen molar-refractivity contribution < 1.29 is 31.1 Å². The number of rotatable bonds is 8. The second kappa shape index (κ2) is 10.6. The Morgan fingerprint density at radius 1 is 1.36 bits per heavy atom. The molecule has 16 heteroatoms. The summed E-state index contributed by atoms with van der Waals surface area (Å²) in [5, 5.41) is 2.91. The van der Waals surface area contributed by atoms with Crippen molar-refractivity contribution in [2.24, 2.45) is 10.1 Å². The van der Waals surface area contributed by atoms with Crippen LogP contribution in [0, 0.1) is 0 Å². The molecule has 2 atom stereocenters. The summed E-state index contributed by atoms with van der Waals surface area (Å²) < 4.78 is 70.1. The molecule has 0 aromatic carbocycles. The van der Waals surface area contributed by atoms with E-state index in [0.29, 0.717) is 17.0 Å². The van der Waals surface area contributed by atoms with Crippen LogP contribution in [0.3, 0.4) is 0 Å². The Morgan fingerprint density at radius 2 is 2.06 bits per heavy atom. The SMILES string of the molecule is C[C@@H](COCCS(=O)(=O)N1CCN(c2ncc(C(F)(F)F)s2)CC1)N=C1C=NNC(=O)C1Cl. The molecule has 0 spiro atoms. The minimum atomic E-state index is -4.45. The molecule has 0 radical (unpaired) electrons. The van der Waals surface area contributed by atoms with E-state index < -0.39 is 32.4 Å². The number of piperazine rings is 1. The highest BCUT2D eigenvalue weighted by molar-refractivity contribution is 7.89. The third-order valence-corrected chi connectivity index (χ3v) is 8.11.